The van der Waals surface area contributed by atoms with Crippen molar-refractivity contribution in [1.82, 2.24) is 0 Å². The molecule has 0 saturated heterocycles. The fourth-order valence-electron chi connectivity index (χ4n) is 3.93. The molecule has 148 valence electrons. The van der Waals surface area contributed by atoms with Crippen molar-refractivity contribution in [3.63, 3.8) is 0 Å². The van der Waals surface area contributed by atoms with E-state index in [4.69, 9.17) is 5.11 Å². The summed E-state index contributed by atoms with van der Waals surface area (Å²) in [6, 6.07) is 13.6. The van der Waals surface area contributed by atoms with Crippen LogP contribution in [-0.2, 0) is 4.79 Å². The van der Waals surface area contributed by atoms with Crippen LogP contribution in [0.15, 0.2) is 36.4 Å². The summed E-state index contributed by atoms with van der Waals surface area (Å²) in [6.45, 7) is 13.2. The average Bonchev–Trinajstić information content (AvgIpc) is 2.63. The summed E-state index contributed by atoms with van der Waals surface area (Å²) in [5.74, 6) is 1.47. The van der Waals surface area contributed by atoms with Crippen LogP contribution in [0.4, 0.5) is 0 Å². The summed E-state index contributed by atoms with van der Waals surface area (Å²) < 4.78 is 0. The third-order valence-electron chi connectivity index (χ3n) is 6.25. The van der Waals surface area contributed by atoms with Crippen molar-refractivity contribution in [2.24, 2.45) is 17.8 Å². The van der Waals surface area contributed by atoms with Crippen molar-refractivity contribution in [1.29, 1.82) is 0 Å². The van der Waals surface area contributed by atoms with Gasteiger partial charge in [0.2, 0.25) is 0 Å². The Labute approximate surface area is 165 Å². The summed E-state index contributed by atoms with van der Waals surface area (Å²) in [5, 5.41) is 11.5. The molecule has 1 N–H and O–H groups in total. The molecule has 1 saturated carbocycles. The summed E-state index contributed by atoms with van der Waals surface area (Å²) >= 11 is 0. The second-order valence-corrected chi connectivity index (χ2v) is 8.89. The smallest absolute Gasteiger partial charge is 0.306 e. The zero-order valence-corrected chi connectivity index (χ0v) is 17.8. The van der Waals surface area contributed by atoms with Crippen molar-refractivity contribution < 1.29 is 9.90 Å². The van der Waals surface area contributed by atoms with E-state index in [1.807, 2.05) is 0 Å². The number of carboxylic acids is 1. The van der Waals surface area contributed by atoms with Crippen LogP contribution in [0.2, 0.25) is 0 Å². The quantitative estimate of drug-likeness (QED) is 0.620. The third kappa shape index (κ3) is 5.57. The van der Waals surface area contributed by atoms with Crippen LogP contribution in [-0.4, -0.2) is 11.1 Å². The van der Waals surface area contributed by atoms with Crippen LogP contribution in [0.25, 0.3) is 10.8 Å². The van der Waals surface area contributed by atoms with Gasteiger partial charge in [-0.3, -0.25) is 4.79 Å². The molecule has 3 unspecified atom stereocenters. The van der Waals surface area contributed by atoms with E-state index in [2.05, 4.69) is 77.9 Å². The number of rotatable bonds is 3. The van der Waals surface area contributed by atoms with Gasteiger partial charge in [0, 0.05) is 0 Å². The molecule has 2 heteroatoms. The van der Waals surface area contributed by atoms with Gasteiger partial charge in [0.15, 0.2) is 0 Å². The summed E-state index contributed by atoms with van der Waals surface area (Å²) in [6.07, 6.45) is 3.16. The van der Waals surface area contributed by atoms with E-state index in [0.717, 1.165) is 12.8 Å². The molecule has 2 aromatic rings. The lowest BCUT2D eigenvalue weighted by atomic mass is 9.74. The van der Waals surface area contributed by atoms with E-state index in [0.29, 0.717) is 23.7 Å². The zero-order chi connectivity index (χ0) is 20.1. The minimum absolute atomic E-state index is 0.0845. The molecule has 0 amide bonds. The molecule has 0 radical (unpaired) electrons. The van der Waals surface area contributed by atoms with Crippen LogP contribution in [0.1, 0.15) is 83.8 Å². The zero-order valence-electron chi connectivity index (χ0n) is 17.8. The van der Waals surface area contributed by atoms with Crippen molar-refractivity contribution >= 4 is 16.7 Å². The van der Waals surface area contributed by atoms with Gasteiger partial charge in [-0.2, -0.15) is 0 Å². The molecule has 1 aliphatic rings. The first-order valence-electron chi connectivity index (χ1n) is 10.5. The van der Waals surface area contributed by atoms with E-state index in [1.54, 1.807) is 0 Å². The predicted molar refractivity (Wildman–Crippen MR) is 115 cm³/mol. The van der Waals surface area contributed by atoms with Crippen molar-refractivity contribution in [3.05, 3.63) is 47.5 Å². The lowest BCUT2D eigenvalue weighted by Crippen LogP contribution is -2.30. The first kappa shape index (κ1) is 21.5. The second kappa shape index (κ2) is 9.39. The molecule has 3 rings (SSSR count). The molecule has 0 spiro atoms. The fraction of sp³-hybridized carbons (Fsp3) is 0.560. The molecule has 1 aliphatic carbocycles. The van der Waals surface area contributed by atoms with E-state index in [9.17, 15) is 4.79 Å². The number of hydrogen-bond acceptors (Lipinski definition) is 1. The van der Waals surface area contributed by atoms with E-state index < -0.39 is 5.97 Å². The molecular formula is C25H36O2. The Kier molecular flexibility index (Phi) is 7.47. The first-order chi connectivity index (χ1) is 12.7. The van der Waals surface area contributed by atoms with Gasteiger partial charge in [-0.05, 0) is 52.0 Å². The summed E-state index contributed by atoms with van der Waals surface area (Å²) in [7, 11) is 0. The molecule has 2 aromatic carbocycles. The molecule has 0 aliphatic heterocycles. The predicted octanol–water partition coefficient (Wildman–Crippen LogP) is 7.23. The van der Waals surface area contributed by atoms with Gasteiger partial charge in [-0.1, -0.05) is 90.8 Å². The number of fused-ring (bicyclic) bond motifs is 1. The highest BCUT2D eigenvalue weighted by Gasteiger charge is 2.31. The lowest BCUT2D eigenvalue weighted by Gasteiger charge is -2.31. The molecule has 3 atom stereocenters. The van der Waals surface area contributed by atoms with E-state index in [1.165, 1.54) is 28.3 Å². The molecule has 0 heterocycles. The summed E-state index contributed by atoms with van der Waals surface area (Å²) in [5.41, 5.74) is 2.84. The highest BCUT2D eigenvalue weighted by molar-refractivity contribution is 5.84. The third-order valence-corrected chi connectivity index (χ3v) is 6.25. The Hall–Kier alpha value is -1.83. The number of carboxylic acid groups (broad SMARTS) is 1. The van der Waals surface area contributed by atoms with Crippen LogP contribution < -0.4 is 0 Å². The van der Waals surface area contributed by atoms with Crippen molar-refractivity contribution in [3.8, 4) is 0 Å². The first-order valence-corrected chi connectivity index (χ1v) is 10.5. The van der Waals surface area contributed by atoms with Crippen molar-refractivity contribution in [2.75, 3.05) is 0 Å². The maximum absolute atomic E-state index is 10.7. The van der Waals surface area contributed by atoms with Crippen LogP contribution in [0.5, 0.6) is 0 Å². The highest BCUT2D eigenvalue weighted by atomic mass is 16.4. The molecular weight excluding hydrogens is 332 g/mol. The van der Waals surface area contributed by atoms with Gasteiger partial charge in [0.25, 0.3) is 0 Å². The van der Waals surface area contributed by atoms with Gasteiger partial charge in [-0.25, -0.2) is 0 Å². The molecule has 1 fully saturated rings. The van der Waals surface area contributed by atoms with Crippen LogP contribution >= 0.6 is 0 Å². The summed E-state index contributed by atoms with van der Waals surface area (Å²) in [4.78, 5) is 10.7. The minimum atomic E-state index is -0.607. The van der Waals surface area contributed by atoms with Crippen LogP contribution in [0.3, 0.4) is 0 Å². The minimum Gasteiger partial charge on any atom is -0.481 e. The normalized spacial score (nSPS) is 22.6. The van der Waals surface area contributed by atoms with Gasteiger partial charge < -0.3 is 5.11 Å². The fourth-order valence-corrected chi connectivity index (χ4v) is 3.93. The molecule has 0 bridgehead atoms. The Bertz CT molecular complexity index is 713. The van der Waals surface area contributed by atoms with Gasteiger partial charge in [0.05, 0.1) is 5.92 Å². The Morgan fingerprint density at radius 2 is 1.37 bits per heavy atom. The van der Waals surface area contributed by atoms with E-state index >= 15 is 0 Å². The van der Waals surface area contributed by atoms with Gasteiger partial charge in [-0.15, -0.1) is 0 Å². The standard InChI is InChI=1S/C16H20.C9H16O2/c1-11(2)13-5-7-16-10-14(12(3)4)6-8-15(16)9-13;1-6-4-3-5-8(7(6)2)9(10)11/h5-12H,1-4H3;6-8H,3-5H2,1-2H3,(H,10,11). The monoisotopic (exact) mass is 368 g/mol. The van der Waals surface area contributed by atoms with Gasteiger partial charge >= 0.3 is 5.97 Å². The van der Waals surface area contributed by atoms with Gasteiger partial charge in [0.1, 0.15) is 0 Å². The topological polar surface area (TPSA) is 37.3 Å². The van der Waals surface area contributed by atoms with Crippen molar-refractivity contribution in [2.45, 2.75) is 72.6 Å². The molecule has 2 nitrogen and oxygen atoms in total. The molecule has 0 aromatic heterocycles. The number of aliphatic carboxylic acids is 1. The molecule has 27 heavy (non-hydrogen) atoms. The second-order valence-electron chi connectivity index (χ2n) is 8.89. The maximum Gasteiger partial charge on any atom is 0.306 e. The van der Waals surface area contributed by atoms with Crippen LogP contribution in [0, 0.1) is 17.8 Å². The number of carbonyl (C=O) groups is 1. The average molecular weight is 369 g/mol. The Morgan fingerprint density at radius 1 is 0.889 bits per heavy atom. The highest BCUT2D eigenvalue weighted by Crippen LogP contribution is 2.34. The largest absolute Gasteiger partial charge is 0.481 e. The number of benzene rings is 2. The maximum atomic E-state index is 10.7. The Morgan fingerprint density at radius 3 is 1.74 bits per heavy atom. The SMILES string of the molecule is CC(C)c1ccc2cc(C(C)C)ccc2c1.CC1CCCC(C(=O)O)C1C. The Balaban J connectivity index is 0.000000208. The van der Waals surface area contributed by atoms with E-state index in [-0.39, 0.29) is 5.92 Å². The number of hydrogen-bond donors (Lipinski definition) is 1. The lowest BCUT2D eigenvalue weighted by molar-refractivity contribution is -0.145.